The van der Waals surface area contributed by atoms with Crippen molar-refractivity contribution in [3.63, 3.8) is 0 Å². The molecule has 18 heavy (non-hydrogen) atoms. The molecule has 4 heteroatoms. The van der Waals surface area contributed by atoms with Crippen LogP contribution in [0.2, 0.25) is 0 Å². The fraction of sp³-hybridized carbons (Fsp3) is 0.786. The summed E-state index contributed by atoms with van der Waals surface area (Å²) in [4.78, 5) is 6.01. The van der Waals surface area contributed by atoms with E-state index in [9.17, 15) is 0 Å². The average molecular weight is 268 g/mol. The number of aromatic nitrogens is 1. The molecule has 0 amide bonds. The Morgan fingerprint density at radius 3 is 2.78 bits per heavy atom. The van der Waals surface area contributed by atoms with Crippen molar-refractivity contribution in [1.82, 2.24) is 10.3 Å². The van der Waals surface area contributed by atoms with Crippen molar-refractivity contribution in [2.75, 3.05) is 13.2 Å². The topological polar surface area (TPSA) is 34.2 Å². The van der Waals surface area contributed by atoms with Crippen molar-refractivity contribution in [3.8, 4) is 0 Å². The molecular formula is C14H24N2OS. The average Bonchev–Trinajstić information content (AvgIpc) is 2.86. The maximum atomic E-state index is 5.70. The molecule has 1 aromatic heterocycles. The second-order valence-electron chi connectivity index (χ2n) is 5.15. The van der Waals surface area contributed by atoms with E-state index in [2.05, 4.69) is 38.0 Å². The molecule has 1 N–H and O–H groups in total. The van der Waals surface area contributed by atoms with E-state index in [0.29, 0.717) is 18.1 Å². The summed E-state index contributed by atoms with van der Waals surface area (Å²) in [6.07, 6.45) is 2.57. The summed E-state index contributed by atoms with van der Waals surface area (Å²) < 4.78 is 5.70. The molecule has 0 spiro atoms. The van der Waals surface area contributed by atoms with Crippen LogP contribution in [-0.2, 0) is 11.2 Å². The maximum absolute atomic E-state index is 5.70. The molecule has 1 saturated heterocycles. The molecule has 0 bridgehead atoms. The SMILES string of the molecule is CCNC(Cc1nc(C)c(C)s1)C1CCOC1C. The predicted molar refractivity (Wildman–Crippen MR) is 76.3 cm³/mol. The van der Waals surface area contributed by atoms with Gasteiger partial charge in [0.15, 0.2) is 0 Å². The van der Waals surface area contributed by atoms with E-state index in [1.807, 2.05) is 11.3 Å². The van der Waals surface area contributed by atoms with Gasteiger partial charge in [-0.2, -0.15) is 0 Å². The van der Waals surface area contributed by atoms with Crippen molar-refractivity contribution in [1.29, 1.82) is 0 Å². The van der Waals surface area contributed by atoms with Gasteiger partial charge in [-0.3, -0.25) is 0 Å². The second-order valence-corrected chi connectivity index (χ2v) is 6.43. The first-order chi connectivity index (χ1) is 8.61. The molecule has 0 saturated carbocycles. The molecule has 2 heterocycles. The van der Waals surface area contributed by atoms with Crippen LogP contribution in [0.15, 0.2) is 0 Å². The third-order valence-electron chi connectivity index (χ3n) is 3.89. The first kappa shape index (κ1) is 14.0. The van der Waals surface area contributed by atoms with Crippen LogP contribution in [-0.4, -0.2) is 30.3 Å². The summed E-state index contributed by atoms with van der Waals surface area (Å²) in [6.45, 7) is 10.5. The summed E-state index contributed by atoms with van der Waals surface area (Å²) in [5.74, 6) is 0.620. The summed E-state index contributed by atoms with van der Waals surface area (Å²) in [5, 5.41) is 4.88. The molecule has 3 atom stereocenters. The summed E-state index contributed by atoms with van der Waals surface area (Å²) in [6, 6.07) is 0.498. The lowest BCUT2D eigenvalue weighted by Gasteiger charge is -2.25. The number of likely N-dealkylation sites (N-methyl/N-ethyl adjacent to an activating group) is 1. The monoisotopic (exact) mass is 268 g/mol. The summed E-state index contributed by atoms with van der Waals surface area (Å²) >= 11 is 1.84. The minimum atomic E-state index is 0.371. The number of ether oxygens (including phenoxy) is 1. The fourth-order valence-electron chi connectivity index (χ4n) is 2.73. The van der Waals surface area contributed by atoms with Gasteiger partial charge in [-0.05, 0) is 33.7 Å². The summed E-state index contributed by atoms with van der Waals surface area (Å²) in [7, 11) is 0. The zero-order chi connectivity index (χ0) is 13.1. The number of nitrogens with one attached hydrogen (secondary N) is 1. The molecule has 102 valence electrons. The van der Waals surface area contributed by atoms with Crippen LogP contribution in [0.5, 0.6) is 0 Å². The lowest BCUT2D eigenvalue weighted by Crippen LogP contribution is -2.40. The van der Waals surface area contributed by atoms with Gasteiger partial charge in [0.25, 0.3) is 0 Å². The van der Waals surface area contributed by atoms with Gasteiger partial charge < -0.3 is 10.1 Å². The largest absolute Gasteiger partial charge is 0.378 e. The van der Waals surface area contributed by atoms with Crippen molar-refractivity contribution < 1.29 is 4.74 Å². The van der Waals surface area contributed by atoms with E-state index < -0.39 is 0 Å². The van der Waals surface area contributed by atoms with Gasteiger partial charge in [0.1, 0.15) is 0 Å². The molecule has 0 aromatic carbocycles. The lowest BCUT2D eigenvalue weighted by molar-refractivity contribution is 0.0956. The van der Waals surface area contributed by atoms with Crippen molar-refractivity contribution in [2.45, 2.75) is 52.7 Å². The van der Waals surface area contributed by atoms with Crippen LogP contribution in [0, 0.1) is 19.8 Å². The standard InChI is InChI=1S/C14H24N2OS/c1-5-15-13(12-6-7-17-10(12)3)8-14-16-9(2)11(4)18-14/h10,12-13,15H,5-8H2,1-4H3. The highest BCUT2D eigenvalue weighted by Crippen LogP contribution is 2.27. The van der Waals surface area contributed by atoms with Gasteiger partial charge in [0.05, 0.1) is 16.8 Å². The number of hydrogen-bond donors (Lipinski definition) is 1. The molecule has 1 aliphatic heterocycles. The van der Waals surface area contributed by atoms with Crippen LogP contribution < -0.4 is 5.32 Å². The van der Waals surface area contributed by atoms with Gasteiger partial charge in [0, 0.05) is 29.9 Å². The highest BCUT2D eigenvalue weighted by molar-refractivity contribution is 7.11. The Kier molecular flexibility index (Phi) is 4.76. The van der Waals surface area contributed by atoms with Crippen LogP contribution in [0.1, 0.15) is 35.8 Å². The number of aryl methyl sites for hydroxylation is 2. The first-order valence-corrected chi connectivity index (χ1v) is 7.71. The first-order valence-electron chi connectivity index (χ1n) is 6.89. The fourth-order valence-corrected chi connectivity index (χ4v) is 3.72. The van der Waals surface area contributed by atoms with Crippen molar-refractivity contribution >= 4 is 11.3 Å². The van der Waals surface area contributed by atoms with Crippen LogP contribution in [0.3, 0.4) is 0 Å². The van der Waals surface area contributed by atoms with Gasteiger partial charge in [-0.1, -0.05) is 6.92 Å². The van der Waals surface area contributed by atoms with E-state index in [1.165, 1.54) is 22.0 Å². The maximum Gasteiger partial charge on any atom is 0.0946 e. The lowest BCUT2D eigenvalue weighted by atomic mass is 9.91. The van der Waals surface area contributed by atoms with Crippen LogP contribution in [0.4, 0.5) is 0 Å². The molecule has 3 unspecified atom stereocenters. The Morgan fingerprint density at radius 2 is 2.28 bits per heavy atom. The molecule has 0 radical (unpaired) electrons. The van der Waals surface area contributed by atoms with Gasteiger partial charge >= 0.3 is 0 Å². The van der Waals surface area contributed by atoms with E-state index in [1.54, 1.807) is 0 Å². The Bertz CT molecular complexity index is 372. The second kappa shape index (κ2) is 6.13. The minimum absolute atomic E-state index is 0.371. The molecular weight excluding hydrogens is 244 g/mol. The molecule has 2 rings (SSSR count). The van der Waals surface area contributed by atoms with Gasteiger partial charge in [-0.15, -0.1) is 11.3 Å². The molecule has 0 aliphatic carbocycles. The normalized spacial score (nSPS) is 25.6. The Morgan fingerprint density at radius 1 is 1.50 bits per heavy atom. The summed E-state index contributed by atoms with van der Waals surface area (Å²) in [5.41, 5.74) is 1.18. The van der Waals surface area contributed by atoms with Crippen LogP contribution >= 0.6 is 11.3 Å². The number of thiazole rings is 1. The van der Waals surface area contributed by atoms with Crippen molar-refractivity contribution in [2.24, 2.45) is 5.92 Å². The van der Waals surface area contributed by atoms with E-state index >= 15 is 0 Å². The number of rotatable bonds is 5. The van der Waals surface area contributed by atoms with Crippen molar-refractivity contribution in [3.05, 3.63) is 15.6 Å². The highest BCUT2D eigenvalue weighted by Gasteiger charge is 2.32. The van der Waals surface area contributed by atoms with Gasteiger partial charge in [-0.25, -0.2) is 4.98 Å². The Balaban J connectivity index is 2.05. The smallest absolute Gasteiger partial charge is 0.0946 e. The third-order valence-corrected chi connectivity index (χ3v) is 4.98. The third kappa shape index (κ3) is 3.11. The van der Waals surface area contributed by atoms with E-state index in [-0.39, 0.29) is 0 Å². The van der Waals surface area contributed by atoms with E-state index in [4.69, 9.17) is 4.74 Å². The number of nitrogens with zero attached hydrogens (tertiary/aromatic N) is 1. The Labute approximate surface area is 114 Å². The predicted octanol–water partition coefficient (Wildman–Crippen LogP) is 2.71. The molecule has 1 aromatic rings. The van der Waals surface area contributed by atoms with Gasteiger partial charge in [0.2, 0.25) is 0 Å². The molecule has 1 fully saturated rings. The zero-order valence-electron chi connectivity index (χ0n) is 11.8. The number of hydrogen-bond acceptors (Lipinski definition) is 4. The quantitative estimate of drug-likeness (QED) is 0.891. The minimum Gasteiger partial charge on any atom is -0.378 e. The zero-order valence-corrected chi connectivity index (χ0v) is 12.6. The molecule has 3 nitrogen and oxygen atoms in total. The Hall–Kier alpha value is -0.450. The van der Waals surface area contributed by atoms with E-state index in [0.717, 1.165) is 19.6 Å². The highest BCUT2D eigenvalue weighted by atomic mass is 32.1. The van der Waals surface area contributed by atoms with Crippen LogP contribution in [0.25, 0.3) is 0 Å². The molecule has 1 aliphatic rings.